The highest BCUT2D eigenvalue weighted by atomic mass is 16.5. The molecule has 2 N–H and O–H groups in total. The van der Waals surface area contributed by atoms with E-state index in [1.165, 1.54) is 0 Å². The van der Waals surface area contributed by atoms with Crippen molar-refractivity contribution in [3.05, 3.63) is 29.8 Å². The summed E-state index contributed by atoms with van der Waals surface area (Å²) in [4.78, 5) is 9.26. The van der Waals surface area contributed by atoms with Gasteiger partial charge in [0.15, 0.2) is 5.96 Å². The molecule has 0 saturated carbocycles. The molecule has 0 unspecified atom stereocenters. The van der Waals surface area contributed by atoms with Gasteiger partial charge in [-0.15, -0.1) is 0 Å². The van der Waals surface area contributed by atoms with Crippen molar-refractivity contribution in [2.24, 2.45) is 4.99 Å². The first-order valence-electron chi connectivity index (χ1n) is 9.86. The Balaban J connectivity index is 1.85. The molecule has 2 rings (SSSR count). The molecule has 7 heteroatoms. The molecule has 1 heterocycles. The van der Waals surface area contributed by atoms with Gasteiger partial charge in [0.1, 0.15) is 12.4 Å². The second kappa shape index (κ2) is 12.5. The van der Waals surface area contributed by atoms with Crippen LogP contribution in [0.4, 0.5) is 0 Å². The average Bonchev–Trinajstić information content (AvgIpc) is 2.67. The van der Waals surface area contributed by atoms with Crippen molar-refractivity contribution in [3.8, 4) is 5.75 Å². The number of hydrogen-bond acceptors (Lipinski definition) is 5. The molecule has 0 atom stereocenters. The zero-order valence-electron chi connectivity index (χ0n) is 17.0. The fourth-order valence-corrected chi connectivity index (χ4v) is 2.78. The van der Waals surface area contributed by atoms with Crippen LogP contribution in [0.3, 0.4) is 0 Å². The minimum Gasteiger partial charge on any atom is -0.492 e. The number of morpholine rings is 1. The van der Waals surface area contributed by atoms with E-state index in [4.69, 9.17) is 14.5 Å². The van der Waals surface area contributed by atoms with E-state index in [1.807, 2.05) is 32.3 Å². The van der Waals surface area contributed by atoms with Gasteiger partial charge in [0, 0.05) is 44.8 Å². The zero-order valence-corrected chi connectivity index (χ0v) is 17.0. The molecule has 27 heavy (non-hydrogen) atoms. The van der Waals surface area contributed by atoms with Gasteiger partial charge in [0.2, 0.25) is 0 Å². The molecule has 7 nitrogen and oxygen atoms in total. The molecule has 0 aliphatic carbocycles. The third-order valence-corrected chi connectivity index (χ3v) is 4.34. The largest absolute Gasteiger partial charge is 0.492 e. The lowest BCUT2D eigenvalue weighted by Crippen LogP contribution is -2.44. The highest BCUT2D eigenvalue weighted by Crippen LogP contribution is 2.18. The number of guanidine groups is 1. The summed E-state index contributed by atoms with van der Waals surface area (Å²) in [5, 5.41) is 6.74. The summed E-state index contributed by atoms with van der Waals surface area (Å²) < 4.78 is 11.3. The van der Waals surface area contributed by atoms with Crippen LogP contribution in [0.5, 0.6) is 5.75 Å². The Morgan fingerprint density at radius 3 is 2.74 bits per heavy atom. The first-order valence-corrected chi connectivity index (χ1v) is 9.86. The first kappa shape index (κ1) is 21.5. The van der Waals surface area contributed by atoms with Crippen LogP contribution in [0.15, 0.2) is 29.3 Å². The third-order valence-electron chi connectivity index (χ3n) is 4.34. The van der Waals surface area contributed by atoms with Crippen molar-refractivity contribution in [1.82, 2.24) is 20.4 Å². The summed E-state index contributed by atoms with van der Waals surface area (Å²) in [6, 6.07) is 8.12. The molecule has 1 fully saturated rings. The summed E-state index contributed by atoms with van der Waals surface area (Å²) in [6.07, 6.45) is 0. The normalized spacial score (nSPS) is 15.8. The van der Waals surface area contributed by atoms with Gasteiger partial charge in [-0.3, -0.25) is 4.90 Å². The lowest BCUT2D eigenvalue weighted by atomic mass is 10.2. The van der Waals surface area contributed by atoms with E-state index < -0.39 is 0 Å². The molecule has 0 amide bonds. The second-order valence-electron chi connectivity index (χ2n) is 6.84. The molecule has 1 aromatic rings. The predicted octanol–water partition coefficient (Wildman–Crippen LogP) is 1.01. The lowest BCUT2D eigenvalue weighted by Gasteiger charge is -2.26. The minimum absolute atomic E-state index is 0.588. The van der Waals surface area contributed by atoms with Gasteiger partial charge in [-0.05, 0) is 27.1 Å². The van der Waals surface area contributed by atoms with Crippen molar-refractivity contribution in [2.45, 2.75) is 13.5 Å². The van der Waals surface area contributed by atoms with Crippen molar-refractivity contribution < 1.29 is 9.47 Å². The number of hydrogen-bond donors (Lipinski definition) is 2. The number of aliphatic imine (C=N–C) groups is 1. The Morgan fingerprint density at radius 2 is 2.00 bits per heavy atom. The fraction of sp³-hybridized carbons (Fsp3) is 0.650. The maximum absolute atomic E-state index is 5.93. The quantitative estimate of drug-likeness (QED) is 0.469. The highest BCUT2D eigenvalue weighted by Gasteiger charge is 2.10. The number of ether oxygens (including phenoxy) is 2. The molecule has 1 aromatic carbocycles. The lowest BCUT2D eigenvalue weighted by molar-refractivity contribution is 0.0389. The van der Waals surface area contributed by atoms with Crippen molar-refractivity contribution in [2.75, 3.05) is 73.2 Å². The summed E-state index contributed by atoms with van der Waals surface area (Å²) in [5.74, 6) is 1.75. The number of likely N-dealkylation sites (N-methyl/N-ethyl adjacent to an activating group) is 1. The Morgan fingerprint density at radius 1 is 1.22 bits per heavy atom. The van der Waals surface area contributed by atoms with Gasteiger partial charge in [-0.25, -0.2) is 4.99 Å². The molecule has 1 aliphatic rings. The molecule has 0 bridgehead atoms. The van der Waals surface area contributed by atoms with Gasteiger partial charge in [-0.2, -0.15) is 0 Å². The van der Waals surface area contributed by atoms with E-state index in [2.05, 4.69) is 33.4 Å². The average molecular weight is 378 g/mol. The van der Waals surface area contributed by atoms with E-state index in [0.717, 1.165) is 69.8 Å². The SMILES string of the molecule is CCNC(=NCc1ccccc1OCCN(C)C)NCCN1CCOCC1. The smallest absolute Gasteiger partial charge is 0.191 e. The highest BCUT2D eigenvalue weighted by molar-refractivity contribution is 5.79. The fourth-order valence-electron chi connectivity index (χ4n) is 2.78. The van der Waals surface area contributed by atoms with Crippen LogP contribution in [0, 0.1) is 0 Å². The van der Waals surface area contributed by atoms with Crippen molar-refractivity contribution in [1.29, 1.82) is 0 Å². The molecule has 152 valence electrons. The van der Waals surface area contributed by atoms with Gasteiger partial charge in [0.05, 0.1) is 19.8 Å². The van der Waals surface area contributed by atoms with Gasteiger partial charge in [0.25, 0.3) is 0 Å². The maximum atomic E-state index is 5.93. The molecular weight excluding hydrogens is 342 g/mol. The minimum atomic E-state index is 0.588. The van der Waals surface area contributed by atoms with Crippen LogP contribution in [0.25, 0.3) is 0 Å². The van der Waals surface area contributed by atoms with E-state index >= 15 is 0 Å². The molecule has 1 saturated heterocycles. The molecular formula is C20H35N5O2. The monoisotopic (exact) mass is 377 g/mol. The van der Waals surface area contributed by atoms with Crippen molar-refractivity contribution >= 4 is 5.96 Å². The van der Waals surface area contributed by atoms with E-state index in [1.54, 1.807) is 0 Å². The topological polar surface area (TPSA) is 61.4 Å². The van der Waals surface area contributed by atoms with Gasteiger partial charge >= 0.3 is 0 Å². The molecule has 1 aliphatic heterocycles. The summed E-state index contributed by atoms with van der Waals surface area (Å²) in [5.41, 5.74) is 1.10. The Hall–Kier alpha value is -1.83. The Labute approximate surface area is 163 Å². The standard InChI is InChI=1S/C20H35N5O2/c1-4-21-20(22-9-10-25-12-14-26-15-13-25)23-17-18-7-5-6-8-19(18)27-16-11-24(2)3/h5-8H,4,9-17H2,1-3H3,(H2,21,22,23). The maximum Gasteiger partial charge on any atom is 0.191 e. The van der Waals surface area contributed by atoms with Crippen LogP contribution < -0.4 is 15.4 Å². The zero-order chi connectivity index (χ0) is 19.3. The summed E-state index contributed by atoms with van der Waals surface area (Å²) >= 11 is 0. The van der Waals surface area contributed by atoms with Gasteiger partial charge in [-0.1, -0.05) is 18.2 Å². The number of nitrogens with one attached hydrogen (secondary N) is 2. The van der Waals surface area contributed by atoms with Crippen molar-refractivity contribution in [3.63, 3.8) is 0 Å². The number of benzene rings is 1. The molecule has 0 spiro atoms. The number of rotatable bonds is 10. The molecule has 0 radical (unpaired) electrons. The van der Waals surface area contributed by atoms with E-state index in [9.17, 15) is 0 Å². The molecule has 0 aromatic heterocycles. The number of para-hydroxylation sites is 1. The van der Waals surface area contributed by atoms with E-state index in [-0.39, 0.29) is 0 Å². The van der Waals surface area contributed by atoms with Crippen LogP contribution in [0.1, 0.15) is 12.5 Å². The second-order valence-corrected chi connectivity index (χ2v) is 6.84. The van der Waals surface area contributed by atoms with Gasteiger partial charge < -0.3 is 25.0 Å². The van der Waals surface area contributed by atoms with Crippen LogP contribution in [-0.4, -0.2) is 88.9 Å². The van der Waals surface area contributed by atoms with Crippen LogP contribution in [0.2, 0.25) is 0 Å². The Kier molecular flexibility index (Phi) is 9.97. The summed E-state index contributed by atoms with van der Waals surface area (Å²) in [6.45, 7) is 10.6. The van der Waals surface area contributed by atoms with Crippen LogP contribution >= 0.6 is 0 Å². The Bertz CT molecular complexity index is 559. The first-order chi connectivity index (χ1) is 13.2. The third kappa shape index (κ3) is 8.60. The van der Waals surface area contributed by atoms with E-state index in [0.29, 0.717) is 13.2 Å². The number of nitrogens with zero attached hydrogens (tertiary/aromatic N) is 3. The van der Waals surface area contributed by atoms with Crippen LogP contribution in [-0.2, 0) is 11.3 Å². The summed E-state index contributed by atoms with van der Waals surface area (Å²) in [7, 11) is 4.09. The predicted molar refractivity (Wildman–Crippen MR) is 111 cm³/mol.